The molecule has 5 heteroatoms. The van der Waals surface area contributed by atoms with Gasteiger partial charge < -0.3 is 9.30 Å². The van der Waals surface area contributed by atoms with Crippen LogP contribution in [-0.2, 0) is 13.1 Å². The zero-order chi connectivity index (χ0) is 18.9. The maximum absolute atomic E-state index is 5.36. The first kappa shape index (κ1) is 18.6. The average Bonchev–Trinajstić information content (AvgIpc) is 3.42. The van der Waals surface area contributed by atoms with E-state index in [-0.39, 0.29) is 0 Å². The fraction of sp³-hybridized carbons (Fsp3) is 0.609. The van der Waals surface area contributed by atoms with Crippen molar-refractivity contribution in [1.29, 1.82) is 0 Å². The Balaban J connectivity index is 1.50. The Labute approximate surface area is 172 Å². The highest BCUT2D eigenvalue weighted by molar-refractivity contribution is 7.99. The van der Waals surface area contributed by atoms with Gasteiger partial charge in [-0.2, -0.15) is 11.8 Å². The van der Waals surface area contributed by atoms with Gasteiger partial charge in [-0.05, 0) is 61.5 Å². The number of aromatic nitrogens is 2. The summed E-state index contributed by atoms with van der Waals surface area (Å²) in [6.45, 7) is 3.34. The number of thioether (sulfide) groups is 1. The van der Waals surface area contributed by atoms with Crippen molar-refractivity contribution >= 4 is 11.8 Å². The minimum Gasteiger partial charge on any atom is -0.497 e. The third kappa shape index (κ3) is 3.48. The normalized spacial score (nSPS) is 21.8. The molecule has 5 rings (SSSR count). The largest absolute Gasteiger partial charge is 0.497 e. The fourth-order valence-corrected chi connectivity index (χ4v) is 6.33. The third-order valence-corrected chi connectivity index (χ3v) is 7.91. The summed E-state index contributed by atoms with van der Waals surface area (Å²) in [6.07, 6.45) is 8.01. The molecule has 0 bridgehead atoms. The molecule has 0 amide bonds. The summed E-state index contributed by atoms with van der Waals surface area (Å²) in [7, 11) is 1.73. The number of ether oxygens (including phenoxy) is 1. The molecule has 3 aliphatic rings. The summed E-state index contributed by atoms with van der Waals surface area (Å²) in [5.41, 5.74) is 3.88. The first-order chi connectivity index (χ1) is 13.8. The molecule has 0 radical (unpaired) electrons. The molecule has 150 valence electrons. The van der Waals surface area contributed by atoms with Crippen LogP contribution in [0.3, 0.4) is 0 Å². The van der Waals surface area contributed by atoms with E-state index in [1.165, 1.54) is 79.4 Å². The average molecular weight is 398 g/mol. The number of rotatable bonds is 4. The number of hydrogen-bond acceptors (Lipinski definition) is 4. The Morgan fingerprint density at radius 3 is 2.46 bits per heavy atom. The molecule has 1 aromatic heterocycles. The number of fused-ring (bicyclic) bond motifs is 1. The lowest BCUT2D eigenvalue weighted by molar-refractivity contribution is 0.145. The molecule has 3 heterocycles. The Morgan fingerprint density at radius 1 is 1.00 bits per heavy atom. The van der Waals surface area contributed by atoms with Gasteiger partial charge in [-0.1, -0.05) is 12.8 Å². The van der Waals surface area contributed by atoms with E-state index in [1.54, 1.807) is 7.11 Å². The van der Waals surface area contributed by atoms with Crippen LogP contribution in [0.25, 0.3) is 11.3 Å². The molecule has 2 aromatic rings. The quantitative estimate of drug-likeness (QED) is 0.732. The van der Waals surface area contributed by atoms with E-state index >= 15 is 0 Å². The van der Waals surface area contributed by atoms with Gasteiger partial charge in [-0.15, -0.1) is 0 Å². The Hall–Kier alpha value is -1.46. The fourth-order valence-electron chi connectivity index (χ4n) is 5.25. The first-order valence-electron chi connectivity index (χ1n) is 10.9. The molecule has 0 atom stereocenters. The van der Waals surface area contributed by atoms with E-state index in [9.17, 15) is 0 Å². The molecular weight excluding hydrogens is 366 g/mol. The van der Waals surface area contributed by atoms with Gasteiger partial charge in [-0.25, -0.2) is 4.98 Å². The predicted octanol–water partition coefficient (Wildman–Crippen LogP) is 4.93. The van der Waals surface area contributed by atoms with Crippen LogP contribution in [0.15, 0.2) is 24.3 Å². The van der Waals surface area contributed by atoms with E-state index < -0.39 is 0 Å². The van der Waals surface area contributed by atoms with Crippen LogP contribution in [0.4, 0.5) is 0 Å². The number of imidazole rings is 1. The van der Waals surface area contributed by atoms with Gasteiger partial charge >= 0.3 is 0 Å². The van der Waals surface area contributed by atoms with Crippen LogP contribution in [0.1, 0.15) is 56.0 Å². The zero-order valence-corrected chi connectivity index (χ0v) is 17.7. The second kappa shape index (κ2) is 8.11. The van der Waals surface area contributed by atoms with E-state index in [2.05, 4.69) is 45.5 Å². The van der Waals surface area contributed by atoms with Crippen molar-refractivity contribution in [3.63, 3.8) is 0 Å². The van der Waals surface area contributed by atoms with Crippen LogP contribution in [-0.4, -0.2) is 45.7 Å². The Morgan fingerprint density at radius 2 is 1.75 bits per heavy atom. The van der Waals surface area contributed by atoms with Gasteiger partial charge in [0.25, 0.3) is 0 Å². The molecule has 0 unspecified atom stereocenters. The molecule has 1 aliphatic carbocycles. The van der Waals surface area contributed by atoms with Crippen molar-refractivity contribution in [3.8, 4) is 17.0 Å². The molecule has 2 aliphatic heterocycles. The van der Waals surface area contributed by atoms with Crippen LogP contribution in [0.2, 0.25) is 0 Å². The van der Waals surface area contributed by atoms with Gasteiger partial charge in [-0.3, -0.25) is 4.90 Å². The highest BCUT2D eigenvalue weighted by Crippen LogP contribution is 2.39. The van der Waals surface area contributed by atoms with Crippen LogP contribution in [0, 0.1) is 0 Å². The number of methoxy groups -OCH3 is 1. The van der Waals surface area contributed by atoms with E-state index in [4.69, 9.17) is 9.72 Å². The summed E-state index contributed by atoms with van der Waals surface area (Å²) < 4.78 is 7.95. The molecule has 28 heavy (non-hydrogen) atoms. The third-order valence-electron chi connectivity index (χ3n) is 6.86. The van der Waals surface area contributed by atoms with Gasteiger partial charge in [0.2, 0.25) is 0 Å². The topological polar surface area (TPSA) is 30.3 Å². The zero-order valence-electron chi connectivity index (χ0n) is 16.9. The van der Waals surface area contributed by atoms with Crippen LogP contribution >= 0.6 is 11.8 Å². The highest BCUT2D eigenvalue weighted by Gasteiger charge is 2.32. The van der Waals surface area contributed by atoms with Crippen LogP contribution in [0.5, 0.6) is 5.75 Å². The molecule has 1 saturated carbocycles. The van der Waals surface area contributed by atoms with E-state index in [0.717, 1.165) is 24.9 Å². The number of nitrogens with zero attached hydrogens (tertiary/aromatic N) is 3. The van der Waals surface area contributed by atoms with E-state index in [1.807, 2.05) is 0 Å². The molecule has 1 aromatic carbocycles. The van der Waals surface area contributed by atoms with Crippen molar-refractivity contribution in [2.24, 2.45) is 0 Å². The lowest BCUT2D eigenvalue weighted by atomic mass is 10.1. The molecule has 0 spiro atoms. The summed E-state index contributed by atoms with van der Waals surface area (Å²) in [5, 5.41) is 0. The monoisotopic (exact) mass is 397 g/mol. The number of benzene rings is 1. The van der Waals surface area contributed by atoms with Crippen molar-refractivity contribution in [3.05, 3.63) is 35.8 Å². The van der Waals surface area contributed by atoms with Gasteiger partial charge in [0.05, 0.1) is 18.5 Å². The number of hydrogen-bond donors (Lipinski definition) is 0. The lowest BCUT2D eigenvalue weighted by Crippen LogP contribution is -2.43. The summed E-state index contributed by atoms with van der Waals surface area (Å²) in [6, 6.07) is 9.24. The minimum atomic E-state index is 0.656. The minimum absolute atomic E-state index is 0.656. The van der Waals surface area contributed by atoms with Gasteiger partial charge in [0.1, 0.15) is 11.6 Å². The van der Waals surface area contributed by atoms with Crippen LogP contribution < -0.4 is 4.74 Å². The summed E-state index contributed by atoms with van der Waals surface area (Å²) >= 11 is 2.12. The van der Waals surface area contributed by atoms with Gasteiger partial charge in [0, 0.05) is 37.2 Å². The second-order valence-electron chi connectivity index (χ2n) is 8.44. The SMILES string of the molecule is COc1ccc(-c2nc(C3CCCC3)n3c2CN(C2CCSCC2)CC3)cc1. The Bertz CT molecular complexity index is 804. The van der Waals surface area contributed by atoms with Crippen molar-refractivity contribution in [2.45, 2.75) is 63.6 Å². The predicted molar refractivity (Wildman–Crippen MR) is 116 cm³/mol. The first-order valence-corrected chi connectivity index (χ1v) is 12.0. The standard InChI is InChI=1S/C23H31N3OS/c1-27-20-8-6-17(7-9-20)22-21-16-25(19-10-14-28-15-11-19)12-13-26(21)23(24-22)18-4-2-3-5-18/h6-9,18-19H,2-5,10-16H2,1H3. The Kier molecular flexibility index (Phi) is 5.38. The molecule has 2 fully saturated rings. The van der Waals surface area contributed by atoms with Crippen molar-refractivity contribution in [2.75, 3.05) is 25.2 Å². The highest BCUT2D eigenvalue weighted by atomic mass is 32.2. The maximum Gasteiger partial charge on any atom is 0.118 e. The molecule has 1 saturated heterocycles. The maximum atomic E-state index is 5.36. The molecular formula is C23H31N3OS. The van der Waals surface area contributed by atoms with Gasteiger partial charge in [0.15, 0.2) is 0 Å². The smallest absolute Gasteiger partial charge is 0.118 e. The molecule has 0 N–H and O–H groups in total. The lowest BCUT2D eigenvalue weighted by Gasteiger charge is -2.37. The van der Waals surface area contributed by atoms with Crippen molar-refractivity contribution < 1.29 is 4.74 Å². The second-order valence-corrected chi connectivity index (χ2v) is 9.67. The summed E-state index contributed by atoms with van der Waals surface area (Å²) in [5.74, 6) is 5.56. The van der Waals surface area contributed by atoms with Crippen molar-refractivity contribution in [1.82, 2.24) is 14.5 Å². The van der Waals surface area contributed by atoms with E-state index in [0.29, 0.717) is 5.92 Å². The molecule has 4 nitrogen and oxygen atoms in total. The summed E-state index contributed by atoms with van der Waals surface area (Å²) in [4.78, 5) is 8.01.